The summed E-state index contributed by atoms with van der Waals surface area (Å²) in [5.41, 5.74) is 2.12. The Bertz CT molecular complexity index is 657. The summed E-state index contributed by atoms with van der Waals surface area (Å²) in [6.07, 6.45) is 2.91. The van der Waals surface area contributed by atoms with Crippen molar-refractivity contribution in [2.24, 2.45) is 16.7 Å². The Morgan fingerprint density at radius 3 is 2.36 bits per heavy atom. The van der Waals surface area contributed by atoms with E-state index in [1.54, 1.807) is 24.3 Å². The number of benzene rings is 1. The van der Waals surface area contributed by atoms with Crippen molar-refractivity contribution >= 4 is 17.4 Å². The number of ketones is 1. The van der Waals surface area contributed by atoms with Gasteiger partial charge >= 0.3 is 0 Å². The molecular formula is C19H23NO2. The molecule has 3 nitrogen and oxygen atoms in total. The van der Waals surface area contributed by atoms with Gasteiger partial charge in [0.1, 0.15) is 0 Å². The van der Waals surface area contributed by atoms with Crippen LogP contribution in [0.2, 0.25) is 0 Å². The minimum atomic E-state index is -0.409. The number of Topliss-reactive ketones (excluding diaryl/α,β-unsaturated/α-hetero) is 1. The zero-order valence-electron chi connectivity index (χ0n) is 13.5. The predicted octanol–water partition coefficient (Wildman–Crippen LogP) is 4.21. The number of hydrogen-bond donors (Lipinski definition) is 1. The molecule has 2 bridgehead atoms. The molecule has 0 spiro atoms. The minimum absolute atomic E-state index is 0.0287. The van der Waals surface area contributed by atoms with Crippen LogP contribution in [0.25, 0.3) is 0 Å². The van der Waals surface area contributed by atoms with Crippen LogP contribution in [-0.4, -0.2) is 11.7 Å². The molecule has 0 radical (unpaired) electrons. The van der Waals surface area contributed by atoms with Crippen LogP contribution in [0, 0.1) is 16.7 Å². The standard InChI is InChI=1S/C19H23NO2/c1-12(21)14-5-7-16(8-6-14)20-17(22)19-10-9-15(11-19)18(3,4)13(19)2/h5-8,15H,2,9-11H2,1,3-4H3,(H,20,22)/t15-,19-/m1/s1. The van der Waals surface area contributed by atoms with E-state index in [0.29, 0.717) is 11.5 Å². The molecule has 2 fully saturated rings. The molecule has 0 aliphatic heterocycles. The van der Waals surface area contributed by atoms with Crippen molar-refractivity contribution in [2.45, 2.75) is 40.0 Å². The third kappa shape index (κ3) is 2.03. The summed E-state index contributed by atoms with van der Waals surface area (Å²) >= 11 is 0. The Morgan fingerprint density at radius 2 is 1.86 bits per heavy atom. The Balaban J connectivity index is 1.80. The predicted molar refractivity (Wildman–Crippen MR) is 87.8 cm³/mol. The third-order valence-electron chi connectivity index (χ3n) is 5.87. The number of carbonyl (C=O) groups excluding carboxylic acids is 2. The van der Waals surface area contributed by atoms with Crippen molar-refractivity contribution < 1.29 is 9.59 Å². The summed E-state index contributed by atoms with van der Waals surface area (Å²) in [6, 6.07) is 7.09. The van der Waals surface area contributed by atoms with Gasteiger partial charge in [0.05, 0.1) is 5.41 Å². The Hall–Kier alpha value is -1.90. The van der Waals surface area contributed by atoms with E-state index in [-0.39, 0.29) is 17.1 Å². The maximum Gasteiger partial charge on any atom is 0.234 e. The summed E-state index contributed by atoms with van der Waals surface area (Å²) in [7, 11) is 0. The van der Waals surface area contributed by atoms with Gasteiger partial charge in [-0.05, 0) is 61.8 Å². The summed E-state index contributed by atoms with van der Waals surface area (Å²) in [5.74, 6) is 0.646. The molecule has 3 heteroatoms. The molecule has 2 aliphatic rings. The molecule has 1 aromatic carbocycles. The normalized spacial score (nSPS) is 28.7. The Morgan fingerprint density at radius 1 is 1.23 bits per heavy atom. The van der Waals surface area contributed by atoms with Crippen molar-refractivity contribution in [2.75, 3.05) is 5.32 Å². The number of amides is 1. The van der Waals surface area contributed by atoms with E-state index in [1.807, 2.05) is 0 Å². The quantitative estimate of drug-likeness (QED) is 0.671. The van der Waals surface area contributed by atoms with Crippen LogP contribution in [-0.2, 0) is 4.79 Å². The number of hydrogen-bond acceptors (Lipinski definition) is 2. The highest BCUT2D eigenvalue weighted by Gasteiger charge is 2.60. The van der Waals surface area contributed by atoms with E-state index in [9.17, 15) is 9.59 Å². The van der Waals surface area contributed by atoms with Crippen molar-refractivity contribution in [1.29, 1.82) is 0 Å². The van der Waals surface area contributed by atoms with Gasteiger partial charge in [-0.15, -0.1) is 0 Å². The smallest absolute Gasteiger partial charge is 0.234 e. The fourth-order valence-electron chi connectivity index (χ4n) is 4.18. The Kier molecular flexibility index (Phi) is 3.28. The van der Waals surface area contributed by atoms with E-state index in [2.05, 4.69) is 25.7 Å². The summed E-state index contributed by atoms with van der Waals surface area (Å²) in [5, 5.41) is 3.03. The lowest BCUT2D eigenvalue weighted by Gasteiger charge is -2.37. The van der Waals surface area contributed by atoms with Crippen LogP contribution in [0.1, 0.15) is 50.4 Å². The first-order valence-corrected chi connectivity index (χ1v) is 7.90. The highest BCUT2D eigenvalue weighted by molar-refractivity contribution is 5.99. The molecule has 1 amide bonds. The summed E-state index contributed by atoms with van der Waals surface area (Å²) < 4.78 is 0. The SMILES string of the molecule is C=C1C(C)(C)[C@@H]2CC[C@@]1(C(=O)Nc1ccc(C(C)=O)cc1)C2. The number of nitrogens with one attached hydrogen (secondary N) is 1. The van der Waals surface area contributed by atoms with Gasteiger partial charge in [0.25, 0.3) is 0 Å². The van der Waals surface area contributed by atoms with Crippen molar-refractivity contribution in [3.63, 3.8) is 0 Å². The second-order valence-electron chi connectivity index (χ2n) is 7.31. The van der Waals surface area contributed by atoms with Crippen LogP contribution >= 0.6 is 0 Å². The zero-order chi connectivity index (χ0) is 16.1. The van der Waals surface area contributed by atoms with Gasteiger partial charge in [0.15, 0.2) is 5.78 Å². The number of rotatable bonds is 3. The Labute approximate surface area is 131 Å². The van der Waals surface area contributed by atoms with E-state index < -0.39 is 5.41 Å². The number of fused-ring (bicyclic) bond motifs is 2. The molecule has 0 heterocycles. The molecule has 2 aliphatic carbocycles. The van der Waals surface area contributed by atoms with Gasteiger partial charge in [-0.2, -0.15) is 0 Å². The van der Waals surface area contributed by atoms with Crippen LogP contribution in [0.15, 0.2) is 36.4 Å². The number of anilines is 1. The van der Waals surface area contributed by atoms with Crippen molar-refractivity contribution in [1.82, 2.24) is 0 Å². The molecular weight excluding hydrogens is 274 g/mol. The topological polar surface area (TPSA) is 46.2 Å². The van der Waals surface area contributed by atoms with Crippen LogP contribution in [0.4, 0.5) is 5.69 Å². The lowest BCUT2D eigenvalue weighted by molar-refractivity contribution is -0.123. The zero-order valence-corrected chi connectivity index (χ0v) is 13.5. The van der Waals surface area contributed by atoms with Crippen molar-refractivity contribution in [3.8, 4) is 0 Å². The van der Waals surface area contributed by atoms with E-state index in [1.165, 1.54) is 6.92 Å². The van der Waals surface area contributed by atoms with Gasteiger partial charge in [0, 0.05) is 11.3 Å². The van der Waals surface area contributed by atoms with Gasteiger partial charge < -0.3 is 5.32 Å². The highest BCUT2D eigenvalue weighted by Crippen LogP contribution is 2.65. The molecule has 2 atom stereocenters. The summed E-state index contributed by atoms with van der Waals surface area (Å²) in [6.45, 7) is 10.2. The molecule has 0 unspecified atom stereocenters. The first-order valence-electron chi connectivity index (χ1n) is 7.90. The first kappa shape index (κ1) is 15.0. The van der Waals surface area contributed by atoms with Gasteiger partial charge in [-0.1, -0.05) is 26.0 Å². The first-order chi connectivity index (χ1) is 10.3. The molecule has 3 rings (SSSR count). The molecule has 22 heavy (non-hydrogen) atoms. The highest BCUT2D eigenvalue weighted by atomic mass is 16.2. The fraction of sp³-hybridized carbons (Fsp3) is 0.474. The van der Waals surface area contributed by atoms with Gasteiger partial charge in [-0.25, -0.2) is 0 Å². The summed E-state index contributed by atoms with van der Waals surface area (Å²) in [4.78, 5) is 24.2. The molecule has 116 valence electrons. The lowest BCUT2D eigenvalue weighted by Crippen LogP contribution is -2.37. The van der Waals surface area contributed by atoms with Gasteiger partial charge in [-0.3, -0.25) is 9.59 Å². The van der Waals surface area contributed by atoms with Gasteiger partial charge in [0.2, 0.25) is 5.91 Å². The number of carbonyl (C=O) groups is 2. The third-order valence-corrected chi connectivity index (χ3v) is 5.87. The lowest BCUT2D eigenvalue weighted by atomic mass is 9.68. The molecule has 2 saturated carbocycles. The second kappa shape index (κ2) is 4.80. The maximum absolute atomic E-state index is 12.9. The average molecular weight is 297 g/mol. The molecule has 0 aromatic heterocycles. The monoisotopic (exact) mass is 297 g/mol. The van der Waals surface area contributed by atoms with Crippen LogP contribution < -0.4 is 5.32 Å². The molecule has 0 saturated heterocycles. The van der Waals surface area contributed by atoms with E-state index >= 15 is 0 Å². The molecule has 1 aromatic rings. The van der Waals surface area contributed by atoms with E-state index in [0.717, 1.165) is 30.5 Å². The van der Waals surface area contributed by atoms with Crippen LogP contribution in [0.5, 0.6) is 0 Å². The van der Waals surface area contributed by atoms with E-state index in [4.69, 9.17) is 0 Å². The average Bonchev–Trinajstić information content (AvgIpc) is 3.00. The molecule has 1 N–H and O–H groups in total. The van der Waals surface area contributed by atoms with Crippen LogP contribution in [0.3, 0.4) is 0 Å². The second-order valence-corrected chi connectivity index (χ2v) is 7.31. The van der Waals surface area contributed by atoms with Crippen molar-refractivity contribution in [3.05, 3.63) is 42.0 Å². The maximum atomic E-state index is 12.9. The largest absolute Gasteiger partial charge is 0.325 e. The fourth-order valence-corrected chi connectivity index (χ4v) is 4.18. The minimum Gasteiger partial charge on any atom is -0.325 e.